The van der Waals surface area contributed by atoms with Gasteiger partial charge in [0.05, 0.1) is 18.5 Å². The monoisotopic (exact) mass is 251 g/mol. The SMILES string of the molecule is C#CCN1C(=O)[C@@H](CC=C)[C@@H]1/C=C/c1ccccc1. The first kappa shape index (κ1) is 13.2. The highest BCUT2D eigenvalue weighted by atomic mass is 16.2. The highest BCUT2D eigenvalue weighted by Gasteiger charge is 2.43. The summed E-state index contributed by atoms with van der Waals surface area (Å²) in [6.45, 7) is 4.08. The Morgan fingerprint density at radius 1 is 1.37 bits per heavy atom. The van der Waals surface area contributed by atoms with Crippen molar-refractivity contribution >= 4 is 12.0 Å². The van der Waals surface area contributed by atoms with Crippen molar-refractivity contribution in [3.8, 4) is 12.3 Å². The van der Waals surface area contributed by atoms with Crippen LogP contribution in [0, 0.1) is 18.3 Å². The van der Waals surface area contributed by atoms with Gasteiger partial charge in [-0.15, -0.1) is 13.0 Å². The standard InChI is InChI=1S/C17H17NO/c1-3-8-15-16(18(13-4-2)17(15)19)12-11-14-9-6-5-7-10-14/h2-3,5-7,9-12,15-16H,1,8,13H2/b12-11+/t15-,16-/m0/s1. The zero-order valence-corrected chi connectivity index (χ0v) is 10.8. The van der Waals surface area contributed by atoms with Gasteiger partial charge in [0.15, 0.2) is 0 Å². The molecule has 0 N–H and O–H groups in total. The maximum Gasteiger partial charge on any atom is 0.229 e. The summed E-state index contributed by atoms with van der Waals surface area (Å²) in [6.07, 6.45) is 11.9. The van der Waals surface area contributed by atoms with Crippen molar-refractivity contribution in [3.05, 3.63) is 54.6 Å². The second kappa shape index (κ2) is 6.06. The molecule has 1 aromatic carbocycles. The number of allylic oxidation sites excluding steroid dienone is 1. The minimum absolute atomic E-state index is 0.00851. The summed E-state index contributed by atoms with van der Waals surface area (Å²) >= 11 is 0. The number of carbonyl (C=O) groups is 1. The maximum atomic E-state index is 11.9. The lowest BCUT2D eigenvalue weighted by molar-refractivity contribution is -0.151. The highest BCUT2D eigenvalue weighted by molar-refractivity contribution is 5.87. The topological polar surface area (TPSA) is 20.3 Å². The van der Waals surface area contributed by atoms with Gasteiger partial charge in [-0.3, -0.25) is 4.79 Å². The third-order valence-corrected chi connectivity index (χ3v) is 3.34. The quantitative estimate of drug-likeness (QED) is 0.447. The van der Waals surface area contributed by atoms with Crippen molar-refractivity contribution in [1.29, 1.82) is 0 Å². The van der Waals surface area contributed by atoms with Gasteiger partial charge in [0.1, 0.15) is 0 Å². The minimum atomic E-state index is -0.00851. The second-order valence-corrected chi connectivity index (χ2v) is 4.56. The first-order valence-electron chi connectivity index (χ1n) is 6.36. The van der Waals surface area contributed by atoms with Gasteiger partial charge < -0.3 is 4.90 Å². The van der Waals surface area contributed by atoms with E-state index in [1.807, 2.05) is 36.4 Å². The molecule has 0 unspecified atom stereocenters. The van der Waals surface area contributed by atoms with Gasteiger partial charge in [0.2, 0.25) is 5.91 Å². The van der Waals surface area contributed by atoms with E-state index in [0.717, 1.165) is 5.56 Å². The van der Waals surface area contributed by atoms with Crippen molar-refractivity contribution in [2.75, 3.05) is 6.54 Å². The fourth-order valence-corrected chi connectivity index (χ4v) is 2.35. The van der Waals surface area contributed by atoms with Gasteiger partial charge >= 0.3 is 0 Å². The highest BCUT2D eigenvalue weighted by Crippen LogP contribution is 2.30. The van der Waals surface area contributed by atoms with E-state index in [2.05, 4.69) is 18.6 Å². The molecule has 1 aromatic rings. The molecule has 1 saturated heterocycles. The summed E-state index contributed by atoms with van der Waals surface area (Å²) in [5, 5.41) is 0. The second-order valence-electron chi connectivity index (χ2n) is 4.56. The smallest absolute Gasteiger partial charge is 0.229 e. The number of carbonyl (C=O) groups excluding carboxylic acids is 1. The van der Waals surface area contributed by atoms with E-state index in [9.17, 15) is 4.79 Å². The molecular formula is C17H17NO. The van der Waals surface area contributed by atoms with Crippen LogP contribution in [0.4, 0.5) is 0 Å². The first-order valence-corrected chi connectivity index (χ1v) is 6.36. The Balaban J connectivity index is 2.11. The van der Waals surface area contributed by atoms with E-state index in [0.29, 0.717) is 13.0 Å². The molecule has 2 rings (SSSR count). The summed E-state index contributed by atoms with van der Waals surface area (Å²) in [4.78, 5) is 13.6. The third kappa shape index (κ3) is 2.77. The zero-order valence-electron chi connectivity index (χ0n) is 10.8. The molecule has 2 nitrogen and oxygen atoms in total. The Kier molecular flexibility index (Phi) is 4.20. The molecule has 1 amide bonds. The molecule has 2 heteroatoms. The van der Waals surface area contributed by atoms with E-state index >= 15 is 0 Å². The van der Waals surface area contributed by atoms with Gasteiger partial charge in [-0.1, -0.05) is 54.5 Å². The lowest BCUT2D eigenvalue weighted by atomic mass is 9.84. The van der Waals surface area contributed by atoms with Crippen molar-refractivity contribution in [2.45, 2.75) is 12.5 Å². The van der Waals surface area contributed by atoms with Crippen LogP contribution in [-0.4, -0.2) is 23.4 Å². The molecule has 0 saturated carbocycles. The van der Waals surface area contributed by atoms with E-state index < -0.39 is 0 Å². The molecule has 0 aromatic heterocycles. The van der Waals surface area contributed by atoms with Crippen LogP contribution in [0.3, 0.4) is 0 Å². The number of rotatable bonds is 5. The fourth-order valence-electron chi connectivity index (χ4n) is 2.35. The number of β-lactam (4-membered cyclic amide) rings is 1. The number of benzene rings is 1. The van der Waals surface area contributed by atoms with Gasteiger partial charge in [-0.25, -0.2) is 0 Å². The Morgan fingerprint density at radius 3 is 2.74 bits per heavy atom. The molecule has 0 aliphatic carbocycles. The Bertz CT molecular complexity index is 524. The number of hydrogen-bond acceptors (Lipinski definition) is 1. The van der Waals surface area contributed by atoms with Crippen molar-refractivity contribution in [1.82, 2.24) is 4.90 Å². The van der Waals surface area contributed by atoms with E-state index in [1.165, 1.54) is 0 Å². The minimum Gasteiger partial charge on any atom is -0.324 e. The molecule has 1 aliphatic rings. The Morgan fingerprint density at radius 2 is 2.11 bits per heavy atom. The van der Waals surface area contributed by atoms with Crippen LogP contribution in [0.25, 0.3) is 6.08 Å². The van der Waals surface area contributed by atoms with Crippen LogP contribution in [0.2, 0.25) is 0 Å². The van der Waals surface area contributed by atoms with Gasteiger partial charge in [0.25, 0.3) is 0 Å². The molecule has 2 atom stereocenters. The lowest BCUT2D eigenvalue weighted by Crippen LogP contribution is -2.59. The van der Waals surface area contributed by atoms with Gasteiger partial charge in [0, 0.05) is 0 Å². The molecule has 19 heavy (non-hydrogen) atoms. The fraction of sp³-hybridized carbons (Fsp3) is 0.235. The van der Waals surface area contributed by atoms with Gasteiger partial charge in [-0.05, 0) is 12.0 Å². The summed E-state index contributed by atoms with van der Waals surface area (Å²) in [6, 6.07) is 10.1. The number of nitrogens with zero attached hydrogens (tertiary/aromatic N) is 1. The average molecular weight is 251 g/mol. The summed E-state index contributed by atoms with van der Waals surface area (Å²) in [5.41, 5.74) is 1.12. The predicted octanol–water partition coefficient (Wildman–Crippen LogP) is 2.74. The summed E-state index contributed by atoms with van der Waals surface area (Å²) in [7, 11) is 0. The van der Waals surface area contributed by atoms with Crippen LogP contribution in [-0.2, 0) is 4.79 Å². The number of terminal acetylenes is 1. The molecule has 1 heterocycles. The number of amides is 1. The third-order valence-electron chi connectivity index (χ3n) is 3.34. The lowest BCUT2D eigenvalue weighted by Gasteiger charge is -2.44. The molecule has 1 fully saturated rings. The normalized spacial score (nSPS) is 22.1. The van der Waals surface area contributed by atoms with Crippen LogP contribution >= 0.6 is 0 Å². The van der Waals surface area contributed by atoms with Crippen molar-refractivity contribution in [3.63, 3.8) is 0 Å². The van der Waals surface area contributed by atoms with Gasteiger partial charge in [-0.2, -0.15) is 0 Å². The number of hydrogen-bond donors (Lipinski definition) is 0. The largest absolute Gasteiger partial charge is 0.324 e. The Hall–Kier alpha value is -2.27. The van der Waals surface area contributed by atoms with Crippen LogP contribution in [0.5, 0.6) is 0 Å². The molecule has 0 bridgehead atoms. The maximum absolute atomic E-state index is 11.9. The molecule has 96 valence electrons. The molecular weight excluding hydrogens is 234 g/mol. The van der Waals surface area contributed by atoms with Crippen LogP contribution < -0.4 is 0 Å². The van der Waals surface area contributed by atoms with Crippen LogP contribution in [0.15, 0.2) is 49.1 Å². The molecule has 0 radical (unpaired) electrons. The van der Waals surface area contributed by atoms with E-state index in [-0.39, 0.29) is 17.9 Å². The predicted molar refractivity (Wildman–Crippen MR) is 78.1 cm³/mol. The Labute approximate surface area is 114 Å². The first-order chi connectivity index (χ1) is 9.27. The van der Waals surface area contributed by atoms with Crippen LogP contribution in [0.1, 0.15) is 12.0 Å². The van der Waals surface area contributed by atoms with Crippen molar-refractivity contribution < 1.29 is 4.79 Å². The average Bonchev–Trinajstić information content (AvgIpc) is 2.45. The molecule has 1 aliphatic heterocycles. The summed E-state index contributed by atoms with van der Waals surface area (Å²) in [5.74, 6) is 2.65. The zero-order chi connectivity index (χ0) is 13.7. The molecule has 0 spiro atoms. The summed E-state index contributed by atoms with van der Waals surface area (Å²) < 4.78 is 0. The van der Waals surface area contributed by atoms with E-state index in [1.54, 1.807) is 11.0 Å². The van der Waals surface area contributed by atoms with E-state index in [4.69, 9.17) is 6.42 Å². The number of likely N-dealkylation sites (tertiary alicyclic amines) is 1. The van der Waals surface area contributed by atoms with Crippen molar-refractivity contribution in [2.24, 2.45) is 5.92 Å².